The van der Waals surface area contributed by atoms with E-state index in [1.807, 2.05) is 97.1 Å². The number of benzene rings is 4. The maximum absolute atomic E-state index is 6.01. The number of hydrogen-bond donors (Lipinski definition) is 0. The zero-order chi connectivity index (χ0) is 25.0. The minimum Gasteiger partial charge on any atom is -0.492 e. The van der Waals surface area contributed by atoms with E-state index in [1.165, 1.54) is 11.1 Å². The molecule has 0 N–H and O–H groups in total. The van der Waals surface area contributed by atoms with Crippen molar-refractivity contribution in [1.29, 1.82) is 0 Å². The smallest absolute Gasteiger partial charge is 0.116 e. The fourth-order valence-electron chi connectivity index (χ4n) is 2.90. The zero-order valence-electron chi connectivity index (χ0n) is 26.1. The normalized spacial score (nSPS) is 8.74. The average molecular weight is 655 g/mol. The van der Waals surface area contributed by atoms with Crippen LogP contribution in [0.2, 0.25) is 13.1 Å². The van der Waals surface area contributed by atoms with Gasteiger partial charge in [0.05, 0.1) is 5.75 Å². The standard InChI is InChI=1S/C20H17O.C6H5.C5H5.C2H6Si.4CH3.2ClH.Ti/c1-16-12-13-20(21-19-10-6-3-7-11-19)18(14-16)15-17-8-4-2-5-9-17;1-2-4-6-5-3-1;1-2-4-5-3-1;1-3-2;;;;;;;/h2-15H,1H3;1-5H;1-3H,4H2;1-2H3;4*1H3;2*1H;/q3*-1;;4*-1;;;. The van der Waals surface area contributed by atoms with Gasteiger partial charge < -0.3 is 34.4 Å². The van der Waals surface area contributed by atoms with Crippen molar-refractivity contribution in [2.75, 3.05) is 0 Å². The summed E-state index contributed by atoms with van der Waals surface area (Å²) < 4.78 is 6.01. The van der Waals surface area contributed by atoms with Crippen molar-refractivity contribution in [2.24, 2.45) is 0 Å². The second-order valence-corrected chi connectivity index (χ2v) is 8.59. The van der Waals surface area contributed by atoms with Gasteiger partial charge in [-0.1, -0.05) is 72.8 Å². The molecular weight excluding hydrogens is 607 g/mol. The first kappa shape index (κ1) is 52.2. The third-order valence-electron chi connectivity index (χ3n) is 4.45. The van der Waals surface area contributed by atoms with Crippen molar-refractivity contribution in [2.45, 2.75) is 26.4 Å². The Morgan fingerprint density at radius 1 is 0.738 bits per heavy atom. The summed E-state index contributed by atoms with van der Waals surface area (Å²) in [5.41, 5.74) is 3.48. The summed E-state index contributed by atoms with van der Waals surface area (Å²) in [5.74, 6) is 1.72. The van der Waals surface area contributed by atoms with Crippen LogP contribution in [0.4, 0.5) is 0 Å². The van der Waals surface area contributed by atoms with Gasteiger partial charge in [-0.05, 0) is 19.1 Å². The molecule has 0 atom stereocenters. The maximum atomic E-state index is 6.01. The number of para-hydroxylation sites is 1. The molecule has 0 amide bonds. The fraction of sp³-hybridized carbons (Fsp3) is 0.108. The van der Waals surface area contributed by atoms with Crippen molar-refractivity contribution in [3.8, 4) is 11.5 Å². The summed E-state index contributed by atoms with van der Waals surface area (Å²) in [6.07, 6.45) is 12.1. The van der Waals surface area contributed by atoms with Crippen molar-refractivity contribution in [3.63, 3.8) is 0 Å². The van der Waals surface area contributed by atoms with Crippen LogP contribution in [0.15, 0.2) is 127 Å². The molecule has 1 aliphatic rings. The molecule has 42 heavy (non-hydrogen) atoms. The molecule has 0 spiro atoms. The second-order valence-electron chi connectivity index (χ2n) is 7.59. The number of rotatable bonds is 4. The van der Waals surface area contributed by atoms with E-state index >= 15 is 0 Å². The predicted molar refractivity (Wildman–Crippen MR) is 191 cm³/mol. The number of ether oxygens (including phenoxy) is 1. The van der Waals surface area contributed by atoms with Crippen LogP contribution < -0.4 is 4.74 Å². The van der Waals surface area contributed by atoms with Crippen molar-refractivity contribution in [3.05, 3.63) is 192 Å². The summed E-state index contributed by atoms with van der Waals surface area (Å²) in [6.45, 7) is 6.40. The SMILES string of the molecule is C[Si]C.Cc1ccc(Oc2ccccc2)c([CH-]c2ccccc2)c1.Cl.Cl.[C-]1=CC=CC1.[CH3-].[CH3-].[CH3-].[CH3-].[Ti].[c-]1ccccc1. The first-order valence-corrected chi connectivity index (χ1v) is 13.7. The van der Waals surface area contributed by atoms with E-state index in [-0.39, 0.29) is 76.2 Å². The van der Waals surface area contributed by atoms with Gasteiger partial charge in [0.25, 0.3) is 0 Å². The van der Waals surface area contributed by atoms with Gasteiger partial charge in [0.2, 0.25) is 0 Å². The first-order valence-electron chi connectivity index (χ1n) is 11.7. The number of halogens is 2. The number of allylic oxidation sites excluding steroid dienone is 4. The molecule has 4 aromatic rings. The molecule has 0 fully saturated rings. The Balaban J connectivity index is -0.000000130. The molecule has 2 radical (unpaired) electrons. The minimum atomic E-state index is 0. The molecule has 1 nitrogen and oxygen atoms in total. The molecule has 230 valence electrons. The fourth-order valence-corrected chi connectivity index (χ4v) is 2.90. The van der Waals surface area contributed by atoms with Gasteiger partial charge in [-0.2, -0.15) is 42.5 Å². The third-order valence-corrected chi connectivity index (χ3v) is 4.45. The van der Waals surface area contributed by atoms with Gasteiger partial charge in [-0.25, -0.2) is 12.2 Å². The molecule has 0 saturated heterocycles. The summed E-state index contributed by atoms with van der Waals surface area (Å²) >= 11 is 0. The molecular formula is C37H47Cl2OSiTi-7. The van der Waals surface area contributed by atoms with E-state index in [4.69, 9.17) is 4.74 Å². The van der Waals surface area contributed by atoms with Gasteiger partial charge in [0.1, 0.15) is 5.75 Å². The van der Waals surface area contributed by atoms with E-state index in [0.717, 1.165) is 33.0 Å². The van der Waals surface area contributed by atoms with Crippen LogP contribution in [0.25, 0.3) is 0 Å². The Hall–Kier alpha value is -2.46. The first-order chi connectivity index (χ1) is 17.2. The van der Waals surface area contributed by atoms with Gasteiger partial charge in [-0.15, -0.1) is 61.4 Å². The molecule has 0 bridgehead atoms. The van der Waals surface area contributed by atoms with E-state index in [9.17, 15) is 0 Å². The minimum absolute atomic E-state index is 0. The summed E-state index contributed by atoms with van der Waals surface area (Å²) in [7, 11) is 1.08. The zero-order valence-corrected chi connectivity index (χ0v) is 30.3. The molecule has 4 aromatic carbocycles. The van der Waals surface area contributed by atoms with Crippen LogP contribution in [0, 0.1) is 55.2 Å². The monoisotopic (exact) mass is 653 g/mol. The van der Waals surface area contributed by atoms with E-state index in [2.05, 4.69) is 68.9 Å². The molecule has 5 heteroatoms. The van der Waals surface area contributed by atoms with E-state index < -0.39 is 0 Å². The second kappa shape index (κ2) is 34.7. The Morgan fingerprint density at radius 3 is 1.67 bits per heavy atom. The van der Waals surface area contributed by atoms with E-state index in [0.29, 0.717) is 0 Å². The van der Waals surface area contributed by atoms with Gasteiger partial charge >= 0.3 is 0 Å². The van der Waals surface area contributed by atoms with Crippen LogP contribution >= 0.6 is 24.8 Å². The van der Waals surface area contributed by atoms with Crippen LogP contribution in [-0.4, -0.2) is 9.52 Å². The van der Waals surface area contributed by atoms with Crippen LogP contribution in [0.3, 0.4) is 0 Å². The summed E-state index contributed by atoms with van der Waals surface area (Å²) in [5, 5.41) is 0. The van der Waals surface area contributed by atoms with Crippen molar-refractivity contribution in [1.82, 2.24) is 0 Å². The Bertz CT molecular complexity index is 1090. The molecule has 0 unspecified atom stereocenters. The topological polar surface area (TPSA) is 9.23 Å². The van der Waals surface area contributed by atoms with Gasteiger partial charge in [0, 0.05) is 31.2 Å². The Kier molecular flexibility index (Phi) is 43.2. The van der Waals surface area contributed by atoms with Gasteiger partial charge in [0.15, 0.2) is 0 Å². The maximum Gasteiger partial charge on any atom is 0.116 e. The van der Waals surface area contributed by atoms with Crippen LogP contribution in [0.5, 0.6) is 11.5 Å². The molecule has 5 rings (SSSR count). The molecule has 0 heterocycles. The largest absolute Gasteiger partial charge is 0.492 e. The van der Waals surface area contributed by atoms with Gasteiger partial charge in [-0.3, -0.25) is 6.08 Å². The van der Waals surface area contributed by atoms with Crippen molar-refractivity contribution >= 4 is 34.3 Å². The van der Waals surface area contributed by atoms with Crippen LogP contribution in [-0.2, 0) is 21.7 Å². The average Bonchev–Trinajstić information content (AvgIpc) is 3.50. The number of aryl methyl sites for hydroxylation is 1. The Morgan fingerprint density at radius 2 is 1.26 bits per heavy atom. The predicted octanol–water partition coefficient (Wildman–Crippen LogP) is 11.6. The van der Waals surface area contributed by atoms with E-state index in [1.54, 1.807) is 0 Å². The third kappa shape index (κ3) is 24.2. The Labute approximate surface area is 289 Å². The molecule has 0 aliphatic heterocycles. The summed E-state index contributed by atoms with van der Waals surface area (Å²) in [6, 6.07) is 38.9. The van der Waals surface area contributed by atoms with Crippen molar-refractivity contribution < 1.29 is 26.5 Å². The molecule has 1 aliphatic carbocycles. The quantitative estimate of drug-likeness (QED) is 0.157. The van der Waals surface area contributed by atoms with Crippen LogP contribution in [0.1, 0.15) is 23.1 Å². The summed E-state index contributed by atoms with van der Waals surface area (Å²) in [4.78, 5) is 0. The number of hydrogen-bond acceptors (Lipinski definition) is 1. The molecule has 0 saturated carbocycles. The molecule has 0 aromatic heterocycles.